The molecule has 0 radical (unpaired) electrons. The maximum Gasteiger partial charge on any atom is 0.151 e. The highest BCUT2D eigenvalue weighted by atomic mass is 32.2. The molecule has 19 heavy (non-hydrogen) atoms. The molecule has 1 atom stereocenters. The lowest BCUT2D eigenvalue weighted by molar-refractivity contribution is 0.221. The number of hydrogen-bond acceptors (Lipinski definition) is 4. The van der Waals surface area contributed by atoms with E-state index in [-0.39, 0.29) is 6.04 Å². The van der Waals surface area contributed by atoms with Gasteiger partial charge in [0.15, 0.2) is 9.84 Å². The summed E-state index contributed by atoms with van der Waals surface area (Å²) in [5.41, 5.74) is 1.25. The fourth-order valence-corrected chi connectivity index (χ4v) is 4.46. The van der Waals surface area contributed by atoms with Gasteiger partial charge >= 0.3 is 0 Å². The van der Waals surface area contributed by atoms with Crippen molar-refractivity contribution in [3.05, 3.63) is 30.1 Å². The van der Waals surface area contributed by atoms with Gasteiger partial charge in [-0.2, -0.15) is 0 Å². The third-order valence-corrected chi connectivity index (χ3v) is 5.51. The van der Waals surface area contributed by atoms with Crippen molar-refractivity contribution in [1.29, 1.82) is 0 Å². The lowest BCUT2D eigenvalue weighted by Crippen LogP contribution is -2.36. The molecule has 1 aliphatic heterocycles. The highest BCUT2D eigenvalue weighted by molar-refractivity contribution is 7.91. The van der Waals surface area contributed by atoms with Crippen LogP contribution in [0.3, 0.4) is 0 Å². The zero-order valence-corrected chi connectivity index (χ0v) is 12.3. The van der Waals surface area contributed by atoms with Gasteiger partial charge in [0.2, 0.25) is 0 Å². The summed E-state index contributed by atoms with van der Waals surface area (Å²) in [5, 5.41) is 0. The van der Waals surface area contributed by atoms with Crippen molar-refractivity contribution in [3.8, 4) is 0 Å². The zero-order chi connectivity index (χ0) is 13.7. The molecule has 5 heteroatoms. The molecule has 0 aromatic carbocycles. The summed E-state index contributed by atoms with van der Waals surface area (Å²) in [6.45, 7) is 3.99. The van der Waals surface area contributed by atoms with Crippen LogP contribution in [0, 0.1) is 0 Å². The number of hydrogen-bond donors (Lipinski definition) is 0. The van der Waals surface area contributed by atoms with Crippen molar-refractivity contribution >= 4 is 9.84 Å². The van der Waals surface area contributed by atoms with E-state index in [9.17, 15) is 8.42 Å². The van der Waals surface area contributed by atoms with Crippen LogP contribution < -0.4 is 0 Å². The Bertz CT molecular complexity index is 487. The van der Waals surface area contributed by atoms with E-state index >= 15 is 0 Å². The largest absolute Gasteiger partial charge is 0.300 e. The Morgan fingerprint density at radius 1 is 1.47 bits per heavy atom. The van der Waals surface area contributed by atoms with Gasteiger partial charge in [0.25, 0.3) is 0 Å². The molecule has 1 saturated heterocycles. The van der Waals surface area contributed by atoms with Gasteiger partial charge in [0, 0.05) is 18.4 Å². The average Bonchev–Trinajstić information content (AvgIpc) is 2.76. The van der Waals surface area contributed by atoms with Crippen LogP contribution in [-0.4, -0.2) is 48.9 Å². The number of rotatable bonds is 6. The molecule has 0 amide bonds. The maximum absolute atomic E-state index is 11.5. The Kier molecular flexibility index (Phi) is 4.93. The van der Waals surface area contributed by atoms with Crippen molar-refractivity contribution < 1.29 is 8.42 Å². The molecule has 0 N–H and O–H groups in total. The van der Waals surface area contributed by atoms with Gasteiger partial charge in [0.1, 0.15) is 0 Å². The fourth-order valence-electron chi connectivity index (χ4n) is 2.69. The van der Waals surface area contributed by atoms with Crippen LogP contribution in [0.1, 0.15) is 25.3 Å². The van der Waals surface area contributed by atoms with E-state index in [4.69, 9.17) is 0 Å². The van der Waals surface area contributed by atoms with Gasteiger partial charge < -0.3 is 0 Å². The summed E-state index contributed by atoms with van der Waals surface area (Å²) in [5.74, 6) is 0.699. The topological polar surface area (TPSA) is 50.3 Å². The summed E-state index contributed by atoms with van der Waals surface area (Å²) in [6.07, 6.45) is 6.53. The molecule has 0 aliphatic carbocycles. The predicted octanol–water partition coefficient (Wildman–Crippen LogP) is 1.52. The van der Waals surface area contributed by atoms with E-state index < -0.39 is 9.84 Å². The molecule has 1 aliphatic rings. The monoisotopic (exact) mass is 282 g/mol. The summed E-state index contributed by atoms with van der Waals surface area (Å²) in [4.78, 5) is 6.41. The van der Waals surface area contributed by atoms with E-state index in [1.54, 1.807) is 6.20 Å². The Morgan fingerprint density at radius 2 is 2.32 bits per heavy atom. The lowest BCUT2D eigenvalue weighted by atomic mass is 10.1. The number of aromatic nitrogens is 1. The Morgan fingerprint density at radius 3 is 2.89 bits per heavy atom. The molecule has 106 valence electrons. The molecule has 1 fully saturated rings. The van der Waals surface area contributed by atoms with Gasteiger partial charge in [0.05, 0.1) is 11.5 Å². The highest BCUT2D eigenvalue weighted by Crippen LogP contribution is 2.18. The molecule has 0 spiro atoms. The first-order valence-corrected chi connectivity index (χ1v) is 8.76. The van der Waals surface area contributed by atoms with Gasteiger partial charge in [-0.3, -0.25) is 9.88 Å². The molecular formula is C14H22N2O2S. The Balaban J connectivity index is 1.80. The third-order valence-electron chi connectivity index (χ3n) is 3.76. The van der Waals surface area contributed by atoms with Crippen molar-refractivity contribution in [3.63, 3.8) is 0 Å². The van der Waals surface area contributed by atoms with E-state index in [0.717, 1.165) is 32.4 Å². The van der Waals surface area contributed by atoms with Crippen LogP contribution in [0.4, 0.5) is 0 Å². The number of nitrogens with zero attached hydrogens (tertiary/aromatic N) is 2. The smallest absolute Gasteiger partial charge is 0.151 e. The first-order valence-electron chi connectivity index (χ1n) is 6.94. The van der Waals surface area contributed by atoms with Crippen molar-refractivity contribution in [2.75, 3.05) is 24.6 Å². The average molecular weight is 282 g/mol. The van der Waals surface area contributed by atoms with E-state index in [0.29, 0.717) is 11.5 Å². The third kappa shape index (κ3) is 4.28. The minimum absolute atomic E-state index is 0.226. The number of sulfone groups is 1. The van der Waals surface area contributed by atoms with Crippen molar-refractivity contribution in [2.24, 2.45) is 0 Å². The van der Waals surface area contributed by atoms with Crippen LogP contribution >= 0.6 is 0 Å². The Labute approximate surface area is 115 Å². The quantitative estimate of drug-likeness (QED) is 0.794. The number of aryl methyl sites for hydroxylation is 1. The maximum atomic E-state index is 11.5. The van der Waals surface area contributed by atoms with Crippen LogP contribution in [-0.2, 0) is 16.3 Å². The van der Waals surface area contributed by atoms with E-state index in [2.05, 4.69) is 22.9 Å². The standard InChI is InChI=1S/C14H22N2O2S/c1-2-16(14-7-10-19(17,18)12-14)9-4-6-13-5-3-8-15-11-13/h3,5,8,11,14H,2,4,6-7,9-10,12H2,1H3. The minimum atomic E-state index is -2.78. The number of pyridine rings is 1. The summed E-state index contributed by atoms with van der Waals surface area (Å²) in [6, 6.07) is 4.27. The van der Waals surface area contributed by atoms with E-state index in [1.807, 2.05) is 12.3 Å². The molecule has 1 aromatic rings. The molecule has 1 aromatic heterocycles. The normalized spacial score (nSPS) is 21.9. The zero-order valence-electron chi connectivity index (χ0n) is 11.5. The van der Waals surface area contributed by atoms with Gasteiger partial charge in [-0.1, -0.05) is 13.0 Å². The molecular weight excluding hydrogens is 260 g/mol. The lowest BCUT2D eigenvalue weighted by Gasteiger charge is -2.26. The van der Waals surface area contributed by atoms with Crippen LogP contribution in [0.15, 0.2) is 24.5 Å². The van der Waals surface area contributed by atoms with Crippen LogP contribution in [0.5, 0.6) is 0 Å². The van der Waals surface area contributed by atoms with Gasteiger partial charge in [-0.15, -0.1) is 0 Å². The second-order valence-corrected chi connectivity index (χ2v) is 7.38. The summed E-state index contributed by atoms with van der Waals surface area (Å²) < 4.78 is 23.0. The molecule has 0 bridgehead atoms. The predicted molar refractivity (Wildman–Crippen MR) is 76.9 cm³/mol. The van der Waals surface area contributed by atoms with Gasteiger partial charge in [-0.05, 0) is 44.0 Å². The van der Waals surface area contributed by atoms with Crippen LogP contribution in [0.25, 0.3) is 0 Å². The first-order chi connectivity index (χ1) is 9.11. The van der Waals surface area contributed by atoms with Gasteiger partial charge in [-0.25, -0.2) is 8.42 Å². The molecule has 1 unspecified atom stereocenters. The Hall–Kier alpha value is -0.940. The van der Waals surface area contributed by atoms with Crippen molar-refractivity contribution in [2.45, 2.75) is 32.2 Å². The minimum Gasteiger partial charge on any atom is -0.300 e. The highest BCUT2D eigenvalue weighted by Gasteiger charge is 2.31. The molecule has 0 saturated carbocycles. The first kappa shape index (κ1) is 14.5. The molecule has 2 rings (SSSR count). The summed E-state index contributed by atoms with van der Waals surface area (Å²) in [7, 11) is -2.78. The fraction of sp³-hybridized carbons (Fsp3) is 0.643. The SMILES string of the molecule is CCN(CCCc1cccnc1)C1CCS(=O)(=O)C1. The second-order valence-electron chi connectivity index (χ2n) is 5.15. The van der Waals surface area contributed by atoms with Crippen molar-refractivity contribution in [1.82, 2.24) is 9.88 Å². The van der Waals surface area contributed by atoms with Crippen LogP contribution in [0.2, 0.25) is 0 Å². The summed E-state index contributed by atoms with van der Waals surface area (Å²) >= 11 is 0. The molecule has 2 heterocycles. The van der Waals surface area contributed by atoms with E-state index in [1.165, 1.54) is 5.56 Å². The molecule has 4 nitrogen and oxygen atoms in total. The second kappa shape index (κ2) is 6.48.